The smallest absolute Gasteiger partial charge is 0.340 e. The predicted molar refractivity (Wildman–Crippen MR) is 106 cm³/mol. The van der Waals surface area contributed by atoms with Crippen LogP contribution in [0.25, 0.3) is 21.9 Å². The molecule has 0 unspecified atom stereocenters. The molecule has 0 saturated carbocycles. The van der Waals surface area contributed by atoms with Crippen molar-refractivity contribution in [1.82, 2.24) is 10.2 Å². The Balaban J connectivity index is 1.89. The van der Waals surface area contributed by atoms with Crippen LogP contribution >= 0.6 is 0 Å². The average Bonchev–Trinajstić information content (AvgIpc) is 2.88. The lowest BCUT2D eigenvalue weighted by Crippen LogP contribution is -2.30. The molecule has 6 nitrogen and oxygen atoms in total. The molecule has 1 N–H and O–H groups in total. The molecule has 27 heavy (non-hydrogen) atoms. The molecule has 0 aliphatic heterocycles. The third-order valence-corrected chi connectivity index (χ3v) is 5.02. The SMILES string of the molecule is Cc1oc2cc3oc(=O)c(CC(=O)NCCCN(C)C)c(C)c3cc2c1C. The first-order valence-corrected chi connectivity index (χ1v) is 9.15. The van der Waals surface area contributed by atoms with Gasteiger partial charge in [-0.15, -0.1) is 0 Å². The Hall–Kier alpha value is -2.60. The minimum absolute atomic E-state index is 0.0213. The Bertz CT molecular complexity index is 1060. The average molecular weight is 370 g/mol. The second-order valence-corrected chi connectivity index (χ2v) is 7.30. The maximum absolute atomic E-state index is 12.4. The minimum Gasteiger partial charge on any atom is -0.461 e. The van der Waals surface area contributed by atoms with E-state index in [0.717, 1.165) is 40.6 Å². The van der Waals surface area contributed by atoms with Gasteiger partial charge in [-0.05, 0) is 65.0 Å². The van der Waals surface area contributed by atoms with Gasteiger partial charge in [0.15, 0.2) is 0 Å². The fraction of sp³-hybridized carbons (Fsp3) is 0.429. The van der Waals surface area contributed by atoms with Crippen molar-refractivity contribution in [2.75, 3.05) is 27.2 Å². The summed E-state index contributed by atoms with van der Waals surface area (Å²) in [5.74, 6) is 0.678. The van der Waals surface area contributed by atoms with Crippen LogP contribution in [-0.2, 0) is 11.2 Å². The molecule has 2 heterocycles. The van der Waals surface area contributed by atoms with E-state index >= 15 is 0 Å². The topological polar surface area (TPSA) is 75.7 Å². The molecule has 2 aromatic heterocycles. The summed E-state index contributed by atoms with van der Waals surface area (Å²) in [6.45, 7) is 7.26. The van der Waals surface area contributed by atoms with Crippen molar-refractivity contribution >= 4 is 27.8 Å². The van der Waals surface area contributed by atoms with Gasteiger partial charge >= 0.3 is 5.63 Å². The minimum atomic E-state index is -0.470. The molecule has 0 aliphatic carbocycles. The number of carbonyl (C=O) groups excluding carboxylic acids is 1. The quantitative estimate of drug-likeness (QED) is 0.533. The molecule has 0 radical (unpaired) electrons. The summed E-state index contributed by atoms with van der Waals surface area (Å²) < 4.78 is 11.2. The molecule has 0 spiro atoms. The van der Waals surface area contributed by atoms with Gasteiger partial charge < -0.3 is 19.1 Å². The van der Waals surface area contributed by atoms with Gasteiger partial charge in [-0.2, -0.15) is 0 Å². The van der Waals surface area contributed by atoms with Gasteiger partial charge in [-0.1, -0.05) is 0 Å². The number of fused-ring (bicyclic) bond motifs is 2. The molecule has 0 bridgehead atoms. The van der Waals surface area contributed by atoms with E-state index in [2.05, 4.69) is 10.2 Å². The highest BCUT2D eigenvalue weighted by Gasteiger charge is 2.17. The van der Waals surface area contributed by atoms with Crippen molar-refractivity contribution in [2.24, 2.45) is 0 Å². The van der Waals surface area contributed by atoms with Crippen LogP contribution in [0, 0.1) is 20.8 Å². The van der Waals surface area contributed by atoms with Crippen molar-refractivity contribution in [3.05, 3.63) is 45.0 Å². The molecule has 3 aromatic rings. The highest BCUT2D eigenvalue weighted by Crippen LogP contribution is 2.30. The third kappa shape index (κ3) is 3.90. The van der Waals surface area contributed by atoms with Gasteiger partial charge in [0.1, 0.15) is 16.9 Å². The molecular weight excluding hydrogens is 344 g/mol. The number of rotatable bonds is 6. The molecule has 0 saturated heterocycles. The van der Waals surface area contributed by atoms with Crippen LogP contribution in [0.1, 0.15) is 28.9 Å². The number of furan rings is 1. The summed E-state index contributed by atoms with van der Waals surface area (Å²) in [5.41, 5.74) is 2.97. The molecule has 0 aliphatic rings. The molecule has 6 heteroatoms. The van der Waals surface area contributed by atoms with Crippen LogP contribution in [-0.4, -0.2) is 38.0 Å². The van der Waals surface area contributed by atoms with Gasteiger partial charge in [0.05, 0.1) is 12.0 Å². The lowest BCUT2D eigenvalue weighted by molar-refractivity contribution is -0.120. The number of carbonyl (C=O) groups is 1. The zero-order chi connectivity index (χ0) is 19.7. The van der Waals surface area contributed by atoms with Gasteiger partial charge in [0, 0.05) is 23.4 Å². The second kappa shape index (κ2) is 7.56. The first-order valence-electron chi connectivity index (χ1n) is 9.15. The van der Waals surface area contributed by atoms with E-state index in [0.29, 0.717) is 23.3 Å². The van der Waals surface area contributed by atoms with Gasteiger partial charge in [0.2, 0.25) is 5.91 Å². The third-order valence-electron chi connectivity index (χ3n) is 5.02. The van der Waals surface area contributed by atoms with E-state index in [1.807, 2.05) is 40.9 Å². The number of hydrogen-bond donors (Lipinski definition) is 1. The van der Waals surface area contributed by atoms with Crippen LogP contribution < -0.4 is 10.9 Å². The summed E-state index contributed by atoms with van der Waals surface area (Å²) in [6, 6.07) is 3.73. The fourth-order valence-electron chi connectivity index (χ4n) is 3.28. The highest BCUT2D eigenvalue weighted by molar-refractivity contribution is 5.97. The monoisotopic (exact) mass is 370 g/mol. The van der Waals surface area contributed by atoms with Crippen LogP contribution in [0.2, 0.25) is 0 Å². The second-order valence-electron chi connectivity index (χ2n) is 7.30. The number of benzene rings is 1. The molecule has 0 atom stereocenters. The van der Waals surface area contributed by atoms with E-state index < -0.39 is 5.63 Å². The predicted octanol–water partition coefficient (Wildman–Crippen LogP) is 3.07. The normalized spacial score (nSPS) is 11.6. The van der Waals surface area contributed by atoms with Crippen molar-refractivity contribution in [1.29, 1.82) is 0 Å². The number of amides is 1. The molecular formula is C21H26N2O4. The van der Waals surface area contributed by atoms with E-state index in [-0.39, 0.29) is 12.3 Å². The summed E-state index contributed by atoms with van der Waals surface area (Å²) in [5, 5.41) is 4.70. The number of hydrogen-bond acceptors (Lipinski definition) is 5. The maximum atomic E-state index is 12.4. The van der Waals surface area contributed by atoms with Crippen molar-refractivity contribution in [2.45, 2.75) is 33.6 Å². The fourth-order valence-corrected chi connectivity index (χ4v) is 3.28. The van der Waals surface area contributed by atoms with E-state index in [4.69, 9.17) is 8.83 Å². The van der Waals surface area contributed by atoms with Crippen molar-refractivity contribution < 1.29 is 13.6 Å². The Morgan fingerprint density at radius 3 is 2.41 bits per heavy atom. The first-order chi connectivity index (χ1) is 12.8. The number of aryl methyl sites for hydroxylation is 3. The summed E-state index contributed by atoms with van der Waals surface area (Å²) in [7, 11) is 3.98. The zero-order valence-corrected chi connectivity index (χ0v) is 16.6. The Kier molecular flexibility index (Phi) is 5.37. The Morgan fingerprint density at radius 1 is 1.04 bits per heavy atom. The van der Waals surface area contributed by atoms with Crippen LogP contribution in [0.4, 0.5) is 0 Å². The standard InChI is InChI=1S/C21H26N2O4/c1-12-14(3)26-18-11-19-16(9-15(12)18)13(2)17(21(25)27-19)10-20(24)22-7-6-8-23(4)5/h9,11H,6-8,10H2,1-5H3,(H,22,24). The molecule has 1 aromatic carbocycles. The van der Waals surface area contributed by atoms with E-state index in [1.54, 1.807) is 6.07 Å². The Morgan fingerprint density at radius 2 is 1.70 bits per heavy atom. The number of nitrogens with zero attached hydrogens (tertiary/aromatic N) is 1. The zero-order valence-electron chi connectivity index (χ0n) is 16.6. The lowest BCUT2D eigenvalue weighted by atomic mass is 10.0. The van der Waals surface area contributed by atoms with E-state index in [1.165, 1.54) is 0 Å². The maximum Gasteiger partial charge on any atom is 0.340 e. The highest BCUT2D eigenvalue weighted by atomic mass is 16.4. The molecule has 3 rings (SSSR count). The number of nitrogens with one attached hydrogen (secondary N) is 1. The van der Waals surface area contributed by atoms with Crippen LogP contribution in [0.3, 0.4) is 0 Å². The summed E-state index contributed by atoms with van der Waals surface area (Å²) >= 11 is 0. The summed E-state index contributed by atoms with van der Waals surface area (Å²) in [4.78, 5) is 26.7. The Labute approximate surface area is 158 Å². The van der Waals surface area contributed by atoms with Crippen LogP contribution in [0.15, 0.2) is 25.8 Å². The van der Waals surface area contributed by atoms with E-state index in [9.17, 15) is 9.59 Å². The van der Waals surface area contributed by atoms with Gasteiger partial charge in [0.25, 0.3) is 0 Å². The van der Waals surface area contributed by atoms with Crippen molar-refractivity contribution in [3.63, 3.8) is 0 Å². The van der Waals surface area contributed by atoms with Gasteiger partial charge in [-0.3, -0.25) is 4.79 Å². The first kappa shape index (κ1) is 19.2. The van der Waals surface area contributed by atoms with Crippen LogP contribution in [0.5, 0.6) is 0 Å². The molecule has 0 fully saturated rings. The molecule has 144 valence electrons. The van der Waals surface area contributed by atoms with Gasteiger partial charge in [-0.25, -0.2) is 4.79 Å². The largest absolute Gasteiger partial charge is 0.461 e. The van der Waals surface area contributed by atoms with Crippen molar-refractivity contribution in [3.8, 4) is 0 Å². The molecule has 1 amide bonds. The lowest BCUT2D eigenvalue weighted by Gasteiger charge is -2.11. The summed E-state index contributed by atoms with van der Waals surface area (Å²) in [6.07, 6.45) is 0.884.